The lowest BCUT2D eigenvalue weighted by atomic mass is 10.0. The second kappa shape index (κ2) is 6.87. The monoisotopic (exact) mass is 369 g/mol. The summed E-state index contributed by atoms with van der Waals surface area (Å²) in [5, 5.41) is 18.4. The number of hydrogen-bond donors (Lipinski definition) is 1. The van der Waals surface area contributed by atoms with Crippen LogP contribution in [0.15, 0.2) is 35.8 Å². The van der Waals surface area contributed by atoms with Gasteiger partial charge < -0.3 is 10.2 Å². The molecule has 8 heteroatoms. The Labute approximate surface area is 154 Å². The Kier molecular flexibility index (Phi) is 4.42. The highest BCUT2D eigenvalue weighted by Gasteiger charge is 2.23. The number of benzene rings is 1. The van der Waals surface area contributed by atoms with E-state index in [-0.39, 0.29) is 10.6 Å². The molecule has 2 aromatic heterocycles. The Bertz CT molecular complexity index is 950. The topological polar surface area (TPSA) is 84.2 Å². The van der Waals surface area contributed by atoms with E-state index in [1.54, 1.807) is 35.7 Å². The number of thiazole rings is 1. The Balaban J connectivity index is 1.53. The molecule has 1 saturated heterocycles. The molecular weight excluding hydrogens is 350 g/mol. The van der Waals surface area contributed by atoms with E-state index in [1.807, 2.05) is 18.4 Å². The van der Waals surface area contributed by atoms with Gasteiger partial charge in [-0.1, -0.05) is 0 Å². The molecule has 26 heavy (non-hydrogen) atoms. The first-order valence-corrected chi connectivity index (χ1v) is 9.45. The summed E-state index contributed by atoms with van der Waals surface area (Å²) in [5.41, 5.74) is 2.81. The SMILES string of the molecule is Cc1csc(NC2CCN(c3ccc([N+](=O)[O-])c4cccnc34)CC2)n1. The van der Waals surface area contributed by atoms with Crippen molar-refractivity contribution < 1.29 is 4.92 Å². The van der Waals surface area contributed by atoms with Gasteiger partial charge in [0.2, 0.25) is 0 Å². The fourth-order valence-corrected chi connectivity index (χ4v) is 4.18. The summed E-state index contributed by atoms with van der Waals surface area (Å²) in [6.45, 7) is 3.76. The van der Waals surface area contributed by atoms with Crippen molar-refractivity contribution in [3.63, 3.8) is 0 Å². The average molecular weight is 369 g/mol. The van der Waals surface area contributed by atoms with Crippen molar-refractivity contribution in [2.24, 2.45) is 0 Å². The van der Waals surface area contributed by atoms with Crippen molar-refractivity contribution in [3.8, 4) is 0 Å². The van der Waals surface area contributed by atoms with Gasteiger partial charge in [0, 0.05) is 36.8 Å². The molecule has 1 fully saturated rings. The number of aryl methyl sites for hydroxylation is 1. The van der Waals surface area contributed by atoms with Gasteiger partial charge in [-0.25, -0.2) is 4.98 Å². The lowest BCUT2D eigenvalue weighted by Gasteiger charge is -2.34. The fourth-order valence-electron chi connectivity index (χ4n) is 3.42. The third-order valence-electron chi connectivity index (χ3n) is 4.70. The zero-order valence-electron chi connectivity index (χ0n) is 14.4. The standard InChI is InChI=1S/C18H19N5O2S/c1-12-11-26-18(20-12)21-13-6-9-22(10-7-13)16-5-4-15(23(24)25)14-3-2-8-19-17(14)16/h2-5,8,11,13H,6-7,9-10H2,1H3,(H,20,21). The first-order valence-electron chi connectivity index (χ1n) is 8.57. The van der Waals surface area contributed by atoms with Crippen molar-refractivity contribution in [3.05, 3.63) is 51.7 Å². The van der Waals surface area contributed by atoms with E-state index in [4.69, 9.17) is 0 Å². The van der Waals surface area contributed by atoms with Gasteiger partial charge in [-0.3, -0.25) is 15.1 Å². The first-order chi connectivity index (χ1) is 12.6. The summed E-state index contributed by atoms with van der Waals surface area (Å²) < 4.78 is 0. The van der Waals surface area contributed by atoms with Crippen LogP contribution in [-0.2, 0) is 0 Å². The summed E-state index contributed by atoms with van der Waals surface area (Å²) in [4.78, 5) is 22.1. The normalized spacial score (nSPS) is 15.3. The van der Waals surface area contributed by atoms with Gasteiger partial charge in [-0.15, -0.1) is 11.3 Å². The number of pyridine rings is 1. The number of rotatable bonds is 4. The lowest BCUT2D eigenvalue weighted by Crippen LogP contribution is -2.39. The largest absolute Gasteiger partial charge is 0.370 e. The minimum Gasteiger partial charge on any atom is -0.370 e. The van der Waals surface area contributed by atoms with Crippen LogP contribution >= 0.6 is 11.3 Å². The maximum atomic E-state index is 11.3. The quantitative estimate of drug-likeness (QED) is 0.553. The Morgan fingerprint density at radius 3 is 2.81 bits per heavy atom. The minimum atomic E-state index is -0.347. The molecule has 0 bridgehead atoms. The molecule has 134 valence electrons. The van der Waals surface area contributed by atoms with Gasteiger partial charge >= 0.3 is 0 Å². The van der Waals surface area contributed by atoms with Gasteiger partial charge in [0.25, 0.3) is 5.69 Å². The van der Waals surface area contributed by atoms with Gasteiger partial charge in [-0.2, -0.15) is 0 Å². The predicted octanol–water partition coefficient (Wildman–Crippen LogP) is 3.99. The van der Waals surface area contributed by atoms with E-state index < -0.39 is 0 Å². The van der Waals surface area contributed by atoms with Crippen LogP contribution in [0.1, 0.15) is 18.5 Å². The molecule has 0 atom stereocenters. The maximum Gasteiger partial charge on any atom is 0.278 e. The highest BCUT2D eigenvalue weighted by molar-refractivity contribution is 7.13. The van der Waals surface area contributed by atoms with E-state index >= 15 is 0 Å². The van der Waals surface area contributed by atoms with Crippen LogP contribution in [0.2, 0.25) is 0 Å². The van der Waals surface area contributed by atoms with Crippen LogP contribution in [0.5, 0.6) is 0 Å². The van der Waals surface area contributed by atoms with E-state index in [1.165, 1.54) is 0 Å². The third-order valence-corrected chi connectivity index (χ3v) is 5.60. The second-order valence-electron chi connectivity index (χ2n) is 6.46. The van der Waals surface area contributed by atoms with Crippen LogP contribution in [0.3, 0.4) is 0 Å². The number of piperidine rings is 1. The van der Waals surface area contributed by atoms with E-state index in [9.17, 15) is 10.1 Å². The summed E-state index contributed by atoms with van der Waals surface area (Å²) in [5.74, 6) is 0. The molecule has 4 rings (SSSR count). The zero-order valence-corrected chi connectivity index (χ0v) is 15.2. The van der Waals surface area contributed by atoms with Crippen LogP contribution < -0.4 is 10.2 Å². The maximum absolute atomic E-state index is 11.3. The van der Waals surface area contributed by atoms with E-state index in [0.717, 1.165) is 42.4 Å². The van der Waals surface area contributed by atoms with Gasteiger partial charge in [0.15, 0.2) is 5.13 Å². The highest BCUT2D eigenvalue weighted by Crippen LogP contribution is 2.33. The molecule has 7 nitrogen and oxygen atoms in total. The minimum absolute atomic E-state index is 0.104. The summed E-state index contributed by atoms with van der Waals surface area (Å²) in [6, 6.07) is 7.32. The Hall–Kier alpha value is -2.74. The molecule has 3 heterocycles. The van der Waals surface area contributed by atoms with Crippen molar-refractivity contribution in [2.75, 3.05) is 23.3 Å². The fraction of sp³-hybridized carbons (Fsp3) is 0.333. The Morgan fingerprint density at radius 2 is 2.12 bits per heavy atom. The number of nitrogens with one attached hydrogen (secondary N) is 1. The summed E-state index contributed by atoms with van der Waals surface area (Å²) in [6.07, 6.45) is 3.67. The van der Waals surface area contributed by atoms with Gasteiger partial charge in [-0.05, 0) is 38.0 Å². The molecule has 1 aliphatic rings. The molecule has 0 unspecified atom stereocenters. The van der Waals surface area contributed by atoms with Crippen LogP contribution in [0.4, 0.5) is 16.5 Å². The van der Waals surface area contributed by atoms with Gasteiger partial charge in [0.05, 0.1) is 21.7 Å². The number of nitro benzene ring substituents is 1. The summed E-state index contributed by atoms with van der Waals surface area (Å²) in [7, 11) is 0. The molecule has 0 radical (unpaired) electrons. The number of nitro groups is 1. The summed E-state index contributed by atoms with van der Waals surface area (Å²) >= 11 is 1.64. The number of aromatic nitrogens is 2. The lowest BCUT2D eigenvalue weighted by molar-refractivity contribution is -0.383. The van der Waals surface area contributed by atoms with Crippen molar-refractivity contribution in [1.29, 1.82) is 0 Å². The number of hydrogen-bond acceptors (Lipinski definition) is 7. The Morgan fingerprint density at radius 1 is 1.31 bits per heavy atom. The molecule has 3 aromatic rings. The molecule has 0 amide bonds. The van der Waals surface area contributed by atoms with Crippen LogP contribution in [0.25, 0.3) is 10.9 Å². The average Bonchev–Trinajstić information content (AvgIpc) is 3.06. The van der Waals surface area contributed by atoms with Crippen LogP contribution in [-0.4, -0.2) is 34.0 Å². The molecule has 1 N–H and O–H groups in total. The van der Waals surface area contributed by atoms with E-state index in [0.29, 0.717) is 16.9 Å². The third kappa shape index (κ3) is 3.20. The number of anilines is 2. The zero-order chi connectivity index (χ0) is 18.1. The molecule has 1 aromatic carbocycles. The molecule has 0 saturated carbocycles. The molecule has 0 aliphatic carbocycles. The second-order valence-corrected chi connectivity index (χ2v) is 7.32. The molecular formula is C18H19N5O2S. The predicted molar refractivity (Wildman–Crippen MR) is 104 cm³/mol. The van der Waals surface area contributed by atoms with Crippen molar-refractivity contribution >= 4 is 38.7 Å². The highest BCUT2D eigenvalue weighted by atomic mass is 32.1. The smallest absolute Gasteiger partial charge is 0.278 e. The molecule has 1 aliphatic heterocycles. The first kappa shape index (κ1) is 16.7. The van der Waals surface area contributed by atoms with Crippen molar-refractivity contribution in [1.82, 2.24) is 9.97 Å². The van der Waals surface area contributed by atoms with Gasteiger partial charge in [0.1, 0.15) is 5.52 Å². The van der Waals surface area contributed by atoms with Crippen molar-refractivity contribution in [2.45, 2.75) is 25.8 Å². The number of non-ortho nitro benzene ring substituents is 1. The van der Waals surface area contributed by atoms with E-state index in [2.05, 4.69) is 20.2 Å². The van der Waals surface area contributed by atoms with Crippen LogP contribution in [0, 0.1) is 17.0 Å². The molecule has 0 spiro atoms. The number of fused-ring (bicyclic) bond motifs is 1. The number of nitrogens with zero attached hydrogens (tertiary/aromatic N) is 4.